The maximum atomic E-state index is 3.62. The molecule has 18 heavy (non-hydrogen) atoms. The van der Waals surface area contributed by atoms with E-state index in [1.807, 2.05) is 0 Å². The second-order valence-electron chi connectivity index (χ2n) is 6.20. The number of likely N-dealkylation sites (tertiary alicyclic amines) is 1. The van der Waals surface area contributed by atoms with Crippen LogP contribution >= 0.6 is 11.8 Å². The summed E-state index contributed by atoms with van der Waals surface area (Å²) in [5, 5.41) is 4.51. The number of hydrogen-bond acceptors (Lipinski definition) is 3. The van der Waals surface area contributed by atoms with E-state index in [1.165, 1.54) is 32.4 Å². The van der Waals surface area contributed by atoms with E-state index >= 15 is 0 Å². The van der Waals surface area contributed by atoms with Crippen LogP contribution in [0.3, 0.4) is 0 Å². The molecule has 1 aliphatic heterocycles. The fourth-order valence-corrected chi connectivity index (χ4v) is 3.54. The van der Waals surface area contributed by atoms with Crippen molar-refractivity contribution in [2.75, 3.05) is 25.9 Å². The fraction of sp³-hybridized carbons (Fsp3) is 1.00. The summed E-state index contributed by atoms with van der Waals surface area (Å²) in [7, 11) is 0. The zero-order chi connectivity index (χ0) is 13.5. The van der Waals surface area contributed by atoms with Gasteiger partial charge >= 0.3 is 0 Å². The Hall–Kier alpha value is 0.270. The van der Waals surface area contributed by atoms with Crippen LogP contribution in [0, 0.1) is 5.92 Å². The van der Waals surface area contributed by atoms with Gasteiger partial charge in [0.1, 0.15) is 0 Å². The van der Waals surface area contributed by atoms with Crippen LogP contribution < -0.4 is 5.32 Å². The molecule has 2 atom stereocenters. The molecule has 0 aromatic rings. The molecule has 1 heterocycles. The van der Waals surface area contributed by atoms with Gasteiger partial charge in [-0.05, 0) is 44.5 Å². The molecular weight excluding hydrogens is 240 g/mol. The molecule has 1 N–H and O–H groups in total. The first-order valence-electron chi connectivity index (χ1n) is 7.54. The van der Waals surface area contributed by atoms with Crippen LogP contribution in [0.15, 0.2) is 0 Å². The van der Waals surface area contributed by atoms with Gasteiger partial charge in [-0.3, -0.25) is 4.90 Å². The van der Waals surface area contributed by atoms with Crippen LogP contribution in [0.1, 0.15) is 47.0 Å². The highest BCUT2D eigenvalue weighted by molar-refractivity contribution is 7.99. The topological polar surface area (TPSA) is 15.3 Å². The summed E-state index contributed by atoms with van der Waals surface area (Å²) in [6.45, 7) is 12.9. The first-order chi connectivity index (χ1) is 8.54. The Morgan fingerprint density at radius 1 is 1.17 bits per heavy atom. The number of nitrogens with one attached hydrogen (secondary N) is 1. The van der Waals surface area contributed by atoms with Gasteiger partial charge in [0.05, 0.1) is 0 Å². The van der Waals surface area contributed by atoms with Crippen molar-refractivity contribution in [1.29, 1.82) is 0 Å². The van der Waals surface area contributed by atoms with Crippen molar-refractivity contribution in [3.63, 3.8) is 0 Å². The smallest absolute Gasteiger partial charge is 0.0243 e. The molecule has 0 radical (unpaired) electrons. The Balaban J connectivity index is 2.51. The number of nitrogens with zero attached hydrogens (tertiary/aromatic N) is 1. The highest BCUT2D eigenvalue weighted by Crippen LogP contribution is 2.23. The van der Waals surface area contributed by atoms with E-state index in [9.17, 15) is 0 Å². The van der Waals surface area contributed by atoms with E-state index < -0.39 is 0 Å². The maximum Gasteiger partial charge on any atom is 0.0243 e. The molecule has 2 unspecified atom stereocenters. The number of thioether (sulfide) groups is 1. The van der Waals surface area contributed by atoms with Gasteiger partial charge in [0, 0.05) is 23.9 Å². The predicted molar refractivity (Wildman–Crippen MR) is 84.5 cm³/mol. The SMILES string of the molecule is CSC1CCCN(C(CNC(C)C)C(C)C)CC1. The minimum atomic E-state index is 0.595. The first-order valence-corrected chi connectivity index (χ1v) is 8.83. The molecule has 2 nitrogen and oxygen atoms in total. The Kier molecular flexibility index (Phi) is 7.66. The molecule has 1 saturated heterocycles. The monoisotopic (exact) mass is 272 g/mol. The molecule has 0 spiro atoms. The van der Waals surface area contributed by atoms with Gasteiger partial charge in [0.25, 0.3) is 0 Å². The zero-order valence-electron chi connectivity index (χ0n) is 12.9. The normalized spacial score (nSPS) is 24.5. The largest absolute Gasteiger partial charge is 0.313 e. The molecular formula is C15H32N2S. The molecule has 1 aliphatic rings. The van der Waals surface area contributed by atoms with Gasteiger partial charge in [-0.2, -0.15) is 11.8 Å². The molecule has 3 heteroatoms. The van der Waals surface area contributed by atoms with Gasteiger partial charge in [-0.15, -0.1) is 0 Å². The van der Waals surface area contributed by atoms with Gasteiger partial charge < -0.3 is 5.32 Å². The van der Waals surface area contributed by atoms with E-state index in [1.54, 1.807) is 0 Å². The van der Waals surface area contributed by atoms with Crippen LogP contribution in [-0.2, 0) is 0 Å². The third-order valence-electron chi connectivity index (χ3n) is 4.02. The van der Waals surface area contributed by atoms with E-state index in [0.29, 0.717) is 12.1 Å². The van der Waals surface area contributed by atoms with Gasteiger partial charge in [0.15, 0.2) is 0 Å². The highest BCUT2D eigenvalue weighted by atomic mass is 32.2. The Morgan fingerprint density at radius 3 is 2.44 bits per heavy atom. The van der Waals surface area contributed by atoms with Crippen molar-refractivity contribution in [3.05, 3.63) is 0 Å². The number of rotatable bonds is 6. The van der Waals surface area contributed by atoms with E-state index in [-0.39, 0.29) is 0 Å². The standard InChI is InChI=1S/C15H32N2S/c1-12(2)15(11-16-13(3)4)17-9-6-7-14(18-5)8-10-17/h12-16H,6-11H2,1-5H3. The summed E-state index contributed by atoms with van der Waals surface area (Å²) in [6.07, 6.45) is 6.41. The van der Waals surface area contributed by atoms with Crippen LogP contribution in [0.4, 0.5) is 0 Å². The van der Waals surface area contributed by atoms with E-state index in [2.05, 4.69) is 55.9 Å². The molecule has 0 amide bonds. The predicted octanol–water partition coefficient (Wildman–Crippen LogP) is 3.23. The lowest BCUT2D eigenvalue weighted by Gasteiger charge is -2.34. The summed E-state index contributed by atoms with van der Waals surface area (Å²) >= 11 is 2.06. The minimum Gasteiger partial charge on any atom is -0.313 e. The molecule has 0 aliphatic carbocycles. The second-order valence-corrected chi connectivity index (χ2v) is 7.34. The number of hydrogen-bond donors (Lipinski definition) is 1. The average molecular weight is 273 g/mol. The summed E-state index contributed by atoms with van der Waals surface area (Å²) in [5.74, 6) is 0.738. The zero-order valence-corrected chi connectivity index (χ0v) is 13.7. The Morgan fingerprint density at radius 2 is 1.89 bits per heavy atom. The van der Waals surface area contributed by atoms with Crippen molar-refractivity contribution in [2.24, 2.45) is 5.92 Å². The minimum absolute atomic E-state index is 0.595. The third-order valence-corrected chi connectivity index (χ3v) is 5.15. The van der Waals surface area contributed by atoms with Crippen LogP contribution in [0.25, 0.3) is 0 Å². The van der Waals surface area contributed by atoms with Gasteiger partial charge in [-0.25, -0.2) is 0 Å². The summed E-state index contributed by atoms with van der Waals surface area (Å²) < 4.78 is 0. The Bertz CT molecular complexity index is 219. The van der Waals surface area contributed by atoms with Gasteiger partial charge in [-0.1, -0.05) is 27.7 Å². The van der Waals surface area contributed by atoms with Gasteiger partial charge in [0.2, 0.25) is 0 Å². The second kappa shape index (κ2) is 8.44. The van der Waals surface area contributed by atoms with Crippen molar-refractivity contribution in [3.8, 4) is 0 Å². The Labute approximate surface area is 118 Å². The summed E-state index contributed by atoms with van der Waals surface area (Å²) in [5.41, 5.74) is 0. The maximum absolute atomic E-state index is 3.62. The lowest BCUT2D eigenvalue weighted by Crippen LogP contribution is -2.47. The average Bonchev–Trinajstić information content (AvgIpc) is 2.54. The van der Waals surface area contributed by atoms with E-state index in [4.69, 9.17) is 0 Å². The highest BCUT2D eigenvalue weighted by Gasteiger charge is 2.24. The van der Waals surface area contributed by atoms with Crippen LogP contribution in [-0.4, -0.2) is 48.1 Å². The third kappa shape index (κ3) is 5.50. The molecule has 0 saturated carbocycles. The first kappa shape index (κ1) is 16.3. The van der Waals surface area contributed by atoms with Crippen LogP contribution in [0.2, 0.25) is 0 Å². The summed E-state index contributed by atoms with van der Waals surface area (Å²) in [6, 6.07) is 1.30. The van der Waals surface area contributed by atoms with E-state index in [0.717, 1.165) is 17.7 Å². The lowest BCUT2D eigenvalue weighted by molar-refractivity contribution is 0.155. The molecule has 108 valence electrons. The summed E-state index contributed by atoms with van der Waals surface area (Å²) in [4.78, 5) is 2.73. The van der Waals surface area contributed by atoms with Crippen molar-refractivity contribution < 1.29 is 0 Å². The van der Waals surface area contributed by atoms with Crippen molar-refractivity contribution in [1.82, 2.24) is 10.2 Å². The molecule has 0 aromatic heterocycles. The van der Waals surface area contributed by atoms with Crippen molar-refractivity contribution in [2.45, 2.75) is 64.3 Å². The van der Waals surface area contributed by atoms with Crippen LogP contribution in [0.5, 0.6) is 0 Å². The molecule has 1 rings (SSSR count). The molecule has 1 fully saturated rings. The quantitative estimate of drug-likeness (QED) is 0.799. The molecule has 0 aromatic carbocycles. The lowest BCUT2D eigenvalue weighted by atomic mass is 10.0. The van der Waals surface area contributed by atoms with Crippen molar-refractivity contribution >= 4 is 11.8 Å². The fourth-order valence-electron chi connectivity index (χ4n) is 2.80. The molecule has 0 bridgehead atoms.